The third kappa shape index (κ3) is 3.11. The summed E-state index contributed by atoms with van der Waals surface area (Å²) in [6.07, 6.45) is 8.93. The Morgan fingerprint density at radius 1 is 1.55 bits per heavy atom. The van der Waals surface area contributed by atoms with Crippen molar-refractivity contribution in [2.75, 3.05) is 6.61 Å². The maximum Gasteiger partial charge on any atom is 0.312 e. The summed E-state index contributed by atoms with van der Waals surface area (Å²) < 4.78 is 11.0. The summed E-state index contributed by atoms with van der Waals surface area (Å²) >= 11 is 0. The van der Waals surface area contributed by atoms with Crippen LogP contribution in [0.3, 0.4) is 0 Å². The third-order valence-electron chi connectivity index (χ3n) is 4.37. The molecule has 0 saturated carbocycles. The van der Waals surface area contributed by atoms with Gasteiger partial charge >= 0.3 is 5.97 Å². The number of aldehydes is 1. The van der Waals surface area contributed by atoms with Crippen molar-refractivity contribution >= 4 is 12.3 Å². The first-order valence-corrected chi connectivity index (χ1v) is 7.64. The number of carbonyl (C=O) groups is 2. The van der Waals surface area contributed by atoms with Gasteiger partial charge in [0, 0.05) is 6.42 Å². The molecular weight excluding hydrogens is 256 g/mol. The summed E-state index contributed by atoms with van der Waals surface area (Å²) in [4.78, 5) is 23.2. The van der Waals surface area contributed by atoms with Gasteiger partial charge in [0.25, 0.3) is 0 Å². The van der Waals surface area contributed by atoms with Crippen LogP contribution in [0.5, 0.6) is 0 Å². The molecule has 112 valence electrons. The summed E-state index contributed by atoms with van der Waals surface area (Å²) in [6.45, 7) is 4.77. The highest BCUT2D eigenvalue weighted by Gasteiger charge is 2.51. The fourth-order valence-electron chi connectivity index (χ4n) is 2.92. The Kier molecular flexibility index (Phi) is 4.97. The van der Waals surface area contributed by atoms with Crippen LogP contribution in [0, 0.1) is 11.8 Å². The molecule has 20 heavy (non-hydrogen) atoms. The van der Waals surface area contributed by atoms with E-state index in [1.54, 1.807) is 12.2 Å². The molecule has 0 spiro atoms. The van der Waals surface area contributed by atoms with Gasteiger partial charge in [0.05, 0.1) is 18.6 Å². The quantitative estimate of drug-likeness (QED) is 0.390. The minimum Gasteiger partial charge on any atom is -0.465 e. The average Bonchev–Trinajstić information content (AvgIpc) is 3.06. The SMILES string of the molecule is CCCCC(CC)COC(=O)C1CC2(C=O)C=CC1O2. The predicted molar refractivity (Wildman–Crippen MR) is 75.2 cm³/mol. The largest absolute Gasteiger partial charge is 0.465 e. The van der Waals surface area contributed by atoms with Crippen molar-refractivity contribution in [2.24, 2.45) is 11.8 Å². The molecule has 0 aromatic heterocycles. The first-order chi connectivity index (χ1) is 9.64. The van der Waals surface area contributed by atoms with Crippen LogP contribution in [0.25, 0.3) is 0 Å². The molecule has 0 radical (unpaired) electrons. The molecule has 0 aliphatic carbocycles. The van der Waals surface area contributed by atoms with Crippen molar-refractivity contribution in [3.63, 3.8) is 0 Å². The summed E-state index contributed by atoms with van der Waals surface area (Å²) in [5.41, 5.74) is -0.874. The van der Waals surface area contributed by atoms with Crippen LogP contribution < -0.4 is 0 Å². The maximum absolute atomic E-state index is 12.1. The van der Waals surface area contributed by atoms with Crippen LogP contribution in [0.15, 0.2) is 12.2 Å². The second-order valence-electron chi connectivity index (χ2n) is 5.87. The fourth-order valence-corrected chi connectivity index (χ4v) is 2.92. The number of ether oxygens (including phenoxy) is 2. The van der Waals surface area contributed by atoms with Crippen molar-refractivity contribution in [3.8, 4) is 0 Å². The second-order valence-corrected chi connectivity index (χ2v) is 5.87. The van der Waals surface area contributed by atoms with Crippen molar-refractivity contribution in [1.82, 2.24) is 0 Å². The molecular formula is C16H24O4. The van der Waals surface area contributed by atoms with E-state index in [0.717, 1.165) is 25.5 Å². The third-order valence-corrected chi connectivity index (χ3v) is 4.37. The first kappa shape index (κ1) is 15.2. The summed E-state index contributed by atoms with van der Waals surface area (Å²) in [5, 5.41) is 0. The lowest BCUT2D eigenvalue weighted by atomic mass is 9.87. The molecule has 2 rings (SSSR count). The van der Waals surface area contributed by atoms with Crippen LogP contribution in [-0.2, 0) is 19.1 Å². The predicted octanol–water partition coefficient (Wildman–Crippen LogP) is 2.66. The Morgan fingerprint density at radius 2 is 2.35 bits per heavy atom. The van der Waals surface area contributed by atoms with E-state index in [2.05, 4.69) is 13.8 Å². The number of esters is 1. The zero-order valence-corrected chi connectivity index (χ0v) is 12.3. The van der Waals surface area contributed by atoms with Gasteiger partial charge in [0.2, 0.25) is 0 Å². The average molecular weight is 280 g/mol. The molecule has 0 N–H and O–H groups in total. The Morgan fingerprint density at radius 3 is 2.95 bits per heavy atom. The molecule has 2 aliphatic heterocycles. The molecule has 4 atom stereocenters. The smallest absolute Gasteiger partial charge is 0.312 e. The van der Waals surface area contributed by atoms with Gasteiger partial charge in [0.1, 0.15) is 5.60 Å². The van der Waals surface area contributed by atoms with Gasteiger partial charge in [-0.15, -0.1) is 0 Å². The molecule has 2 bridgehead atoms. The molecule has 4 nitrogen and oxygen atoms in total. The van der Waals surface area contributed by atoms with E-state index in [1.165, 1.54) is 6.42 Å². The van der Waals surface area contributed by atoms with Crippen LogP contribution in [-0.4, -0.2) is 30.6 Å². The van der Waals surface area contributed by atoms with E-state index >= 15 is 0 Å². The summed E-state index contributed by atoms with van der Waals surface area (Å²) in [7, 11) is 0. The van der Waals surface area contributed by atoms with Gasteiger partial charge in [-0.2, -0.15) is 0 Å². The van der Waals surface area contributed by atoms with Crippen molar-refractivity contribution in [1.29, 1.82) is 0 Å². The molecule has 4 unspecified atom stereocenters. The highest BCUT2D eigenvalue weighted by molar-refractivity contribution is 5.78. The van der Waals surface area contributed by atoms with Crippen LogP contribution in [0.1, 0.15) is 46.0 Å². The zero-order valence-electron chi connectivity index (χ0n) is 12.3. The Hall–Kier alpha value is -1.16. The second kappa shape index (κ2) is 6.53. The van der Waals surface area contributed by atoms with E-state index in [-0.39, 0.29) is 18.0 Å². The van der Waals surface area contributed by atoms with Gasteiger partial charge in [-0.05, 0) is 18.4 Å². The van der Waals surface area contributed by atoms with E-state index in [0.29, 0.717) is 18.9 Å². The van der Waals surface area contributed by atoms with Gasteiger partial charge < -0.3 is 9.47 Å². The minimum atomic E-state index is -0.874. The monoisotopic (exact) mass is 280 g/mol. The number of fused-ring (bicyclic) bond motifs is 2. The Balaban J connectivity index is 1.81. The molecule has 2 heterocycles. The molecule has 2 aliphatic rings. The van der Waals surface area contributed by atoms with Gasteiger partial charge in [-0.25, -0.2) is 0 Å². The van der Waals surface area contributed by atoms with Gasteiger partial charge in [0.15, 0.2) is 6.29 Å². The van der Waals surface area contributed by atoms with Crippen molar-refractivity contribution in [3.05, 3.63) is 12.2 Å². The van der Waals surface area contributed by atoms with Crippen molar-refractivity contribution < 1.29 is 19.1 Å². The zero-order chi connectivity index (χ0) is 14.6. The first-order valence-electron chi connectivity index (χ1n) is 7.64. The maximum atomic E-state index is 12.1. The summed E-state index contributed by atoms with van der Waals surface area (Å²) in [6, 6.07) is 0. The van der Waals surface area contributed by atoms with E-state index < -0.39 is 5.60 Å². The number of unbranched alkanes of at least 4 members (excludes halogenated alkanes) is 1. The molecule has 0 aromatic carbocycles. The van der Waals surface area contributed by atoms with Gasteiger partial charge in [-0.1, -0.05) is 39.2 Å². The molecule has 0 amide bonds. The topological polar surface area (TPSA) is 52.6 Å². The molecule has 0 aromatic rings. The molecule has 1 fully saturated rings. The number of hydrogen-bond acceptors (Lipinski definition) is 4. The van der Waals surface area contributed by atoms with E-state index in [4.69, 9.17) is 9.47 Å². The lowest BCUT2D eigenvalue weighted by molar-refractivity contribution is -0.151. The van der Waals surface area contributed by atoms with E-state index in [1.807, 2.05) is 0 Å². The molecule has 4 heteroatoms. The highest BCUT2D eigenvalue weighted by Crippen LogP contribution is 2.41. The highest BCUT2D eigenvalue weighted by atomic mass is 16.6. The number of carbonyl (C=O) groups excluding carboxylic acids is 2. The normalized spacial score (nSPS) is 32.3. The molecule has 1 saturated heterocycles. The van der Waals surface area contributed by atoms with Gasteiger partial charge in [-0.3, -0.25) is 9.59 Å². The number of rotatable bonds is 8. The minimum absolute atomic E-state index is 0.224. The van der Waals surface area contributed by atoms with Crippen LogP contribution in [0.2, 0.25) is 0 Å². The number of hydrogen-bond donors (Lipinski definition) is 0. The standard InChI is InChI=1S/C16H24O4/c1-3-5-6-12(4-2)10-19-15(18)13-9-16(11-17)8-7-14(13)20-16/h7-8,11-14H,3-6,9-10H2,1-2H3. The lowest BCUT2D eigenvalue weighted by Gasteiger charge is -2.19. The fraction of sp³-hybridized carbons (Fsp3) is 0.750. The van der Waals surface area contributed by atoms with Crippen molar-refractivity contribution in [2.45, 2.75) is 57.7 Å². The Labute approximate surface area is 120 Å². The Bertz CT molecular complexity index is 390. The summed E-state index contributed by atoms with van der Waals surface area (Å²) in [5.74, 6) is -0.110. The van der Waals surface area contributed by atoms with Crippen LogP contribution in [0.4, 0.5) is 0 Å². The lowest BCUT2D eigenvalue weighted by Crippen LogP contribution is -2.29. The van der Waals surface area contributed by atoms with Crippen LogP contribution >= 0.6 is 0 Å². The van der Waals surface area contributed by atoms with E-state index in [9.17, 15) is 9.59 Å².